The number of para-hydroxylation sites is 1. The number of hydrogen-bond donors (Lipinski definition) is 1. The van der Waals surface area contributed by atoms with Crippen LogP contribution >= 0.6 is 15.9 Å². The summed E-state index contributed by atoms with van der Waals surface area (Å²) in [5, 5.41) is 2.48. The molecule has 1 aromatic heterocycles. The number of Topliss-reactive ketones (excluding diaryl/α,β-unsaturated/α-hetero) is 1. The highest BCUT2D eigenvalue weighted by Crippen LogP contribution is 2.29. The van der Waals surface area contributed by atoms with Gasteiger partial charge < -0.3 is 14.5 Å². The van der Waals surface area contributed by atoms with Crippen molar-refractivity contribution in [3.05, 3.63) is 106 Å². The molecule has 0 unspecified atom stereocenters. The van der Waals surface area contributed by atoms with Crippen LogP contribution in [0.4, 0.5) is 0 Å². The zero-order chi connectivity index (χ0) is 24.8. The van der Waals surface area contributed by atoms with Crippen molar-refractivity contribution in [1.29, 1.82) is 0 Å². The fraction of sp³-hybridized carbons (Fsp3) is 0.0370. The molecule has 174 valence electrons. The van der Waals surface area contributed by atoms with Crippen LogP contribution in [0.1, 0.15) is 21.8 Å². The van der Waals surface area contributed by atoms with Crippen molar-refractivity contribution < 1.29 is 23.5 Å². The monoisotopic (exact) mass is 530 g/mol. The molecule has 0 saturated carbocycles. The van der Waals surface area contributed by atoms with E-state index in [4.69, 9.17) is 9.15 Å². The van der Waals surface area contributed by atoms with E-state index >= 15 is 0 Å². The summed E-state index contributed by atoms with van der Waals surface area (Å²) in [6.45, 7) is 1.60. The molecular formula is C27H19BrN2O5. The van der Waals surface area contributed by atoms with Gasteiger partial charge in [-0.2, -0.15) is 0 Å². The molecule has 4 rings (SSSR count). The highest BCUT2D eigenvalue weighted by atomic mass is 79.9. The predicted molar refractivity (Wildman–Crippen MR) is 134 cm³/mol. The van der Waals surface area contributed by atoms with Crippen LogP contribution in [0.15, 0.2) is 93.4 Å². The van der Waals surface area contributed by atoms with Crippen molar-refractivity contribution in [2.45, 2.75) is 6.92 Å². The largest absolute Gasteiger partial charge is 0.456 e. The number of carbonyl (C=O) groups excluding carboxylic acids is 3. The molecule has 35 heavy (non-hydrogen) atoms. The van der Waals surface area contributed by atoms with Crippen molar-refractivity contribution in [3.8, 4) is 23.0 Å². The minimum atomic E-state index is -0.878. The van der Waals surface area contributed by atoms with E-state index in [2.05, 4.69) is 26.2 Å². The Morgan fingerprint density at radius 2 is 1.66 bits per heavy atom. The third-order valence-corrected chi connectivity index (χ3v) is 5.56. The van der Waals surface area contributed by atoms with E-state index in [1.807, 2.05) is 42.5 Å². The Morgan fingerprint density at radius 3 is 2.34 bits per heavy atom. The lowest BCUT2D eigenvalue weighted by Gasteiger charge is -2.08. The first kappa shape index (κ1) is 23.8. The number of benzene rings is 3. The number of hydrogen-bond acceptors (Lipinski definition) is 6. The van der Waals surface area contributed by atoms with Gasteiger partial charge in [-0.15, -0.1) is 0 Å². The van der Waals surface area contributed by atoms with Gasteiger partial charge in [-0.1, -0.05) is 42.5 Å². The van der Waals surface area contributed by atoms with Crippen LogP contribution in [0.5, 0.6) is 11.5 Å². The summed E-state index contributed by atoms with van der Waals surface area (Å²) >= 11 is 3.43. The standard InChI is InChI=1S/C27H19BrN2O5/c1-17-25(30-27(34-17)19-7-3-2-4-8-19)26(33)29-22(23(32)16-31)15-18-11-13-20(14-12-18)35-24-10-6-5-9-21(24)28/h2-16H,1H3,(H,29,33)/b22-15-. The van der Waals surface area contributed by atoms with Crippen molar-refractivity contribution in [1.82, 2.24) is 10.3 Å². The minimum Gasteiger partial charge on any atom is -0.456 e. The number of nitrogens with one attached hydrogen (secondary N) is 1. The Bertz CT molecular complexity index is 1410. The third-order valence-electron chi connectivity index (χ3n) is 4.91. The fourth-order valence-electron chi connectivity index (χ4n) is 3.18. The van der Waals surface area contributed by atoms with Crippen LogP contribution in [-0.4, -0.2) is 23.0 Å². The highest BCUT2D eigenvalue weighted by Gasteiger charge is 2.21. The van der Waals surface area contributed by atoms with Crippen LogP contribution < -0.4 is 10.1 Å². The Morgan fingerprint density at radius 1 is 0.971 bits per heavy atom. The summed E-state index contributed by atoms with van der Waals surface area (Å²) < 4.78 is 12.3. The molecule has 0 atom stereocenters. The number of carbonyl (C=O) groups is 3. The average Bonchev–Trinajstić information content (AvgIpc) is 3.28. The van der Waals surface area contributed by atoms with Crippen LogP contribution in [0.2, 0.25) is 0 Å². The van der Waals surface area contributed by atoms with Gasteiger partial charge in [0.05, 0.1) is 10.2 Å². The predicted octanol–water partition coefficient (Wildman–Crippen LogP) is 5.74. The summed E-state index contributed by atoms with van der Waals surface area (Å²) in [5.74, 6) is 0.250. The van der Waals surface area contributed by atoms with Crippen molar-refractivity contribution in [2.75, 3.05) is 0 Å². The Labute approximate surface area is 209 Å². The minimum absolute atomic E-state index is 0.0191. The molecule has 1 N–H and O–H groups in total. The summed E-state index contributed by atoms with van der Waals surface area (Å²) in [4.78, 5) is 40.5. The molecule has 0 saturated heterocycles. The van der Waals surface area contributed by atoms with Gasteiger partial charge in [-0.3, -0.25) is 14.4 Å². The summed E-state index contributed by atoms with van der Waals surface area (Å²) in [5.41, 5.74) is 1.12. The molecule has 0 aliphatic heterocycles. The van der Waals surface area contributed by atoms with Gasteiger partial charge in [0, 0.05) is 5.56 Å². The maximum Gasteiger partial charge on any atom is 0.278 e. The summed E-state index contributed by atoms with van der Waals surface area (Å²) in [6.07, 6.45) is 1.55. The van der Waals surface area contributed by atoms with Crippen molar-refractivity contribution >= 4 is 40.0 Å². The number of ketones is 1. The third kappa shape index (κ3) is 5.80. The number of halogens is 1. The number of oxazole rings is 1. The number of aromatic nitrogens is 1. The van der Waals surface area contributed by atoms with E-state index < -0.39 is 11.7 Å². The quantitative estimate of drug-likeness (QED) is 0.177. The number of allylic oxidation sites excluding steroid dienone is 1. The smallest absolute Gasteiger partial charge is 0.278 e. The van der Waals surface area contributed by atoms with Gasteiger partial charge in [0.15, 0.2) is 12.0 Å². The lowest BCUT2D eigenvalue weighted by Crippen LogP contribution is -2.28. The van der Waals surface area contributed by atoms with Gasteiger partial charge in [0.2, 0.25) is 11.7 Å². The molecular weight excluding hydrogens is 512 g/mol. The van der Waals surface area contributed by atoms with E-state index in [0.29, 0.717) is 22.6 Å². The van der Waals surface area contributed by atoms with Crippen LogP contribution in [0.3, 0.4) is 0 Å². The Balaban J connectivity index is 1.54. The zero-order valence-corrected chi connectivity index (χ0v) is 20.1. The average molecular weight is 531 g/mol. The second-order valence-corrected chi connectivity index (χ2v) is 8.24. The first-order chi connectivity index (χ1) is 16.9. The van der Waals surface area contributed by atoms with E-state index in [1.165, 1.54) is 6.08 Å². The second-order valence-electron chi connectivity index (χ2n) is 7.39. The first-order valence-electron chi connectivity index (χ1n) is 10.5. The maximum atomic E-state index is 12.9. The SMILES string of the molecule is Cc1oc(-c2ccccc2)nc1C(=O)N/C(=C\c1ccc(Oc2ccccc2Br)cc1)C(=O)C=O. The topological polar surface area (TPSA) is 98.5 Å². The van der Waals surface area contributed by atoms with Gasteiger partial charge in [0.25, 0.3) is 5.91 Å². The van der Waals surface area contributed by atoms with E-state index in [1.54, 1.807) is 43.3 Å². The van der Waals surface area contributed by atoms with E-state index in [9.17, 15) is 14.4 Å². The highest BCUT2D eigenvalue weighted by molar-refractivity contribution is 9.10. The van der Waals surface area contributed by atoms with Gasteiger partial charge in [-0.25, -0.2) is 4.98 Å². The number of ether oxygens (including phenoxy) is 1. The number of aldehydes is 1. The molecule has 0 fully saturated rings. The molecule has 0 aliphatic carbocycles. The molecule has 4 aromatic rings. The first-order valence-corrected chi connectivity index (χ1v) is 11.3. The molecule has 1 amide bonds. The maximum absolute atomic E-state index is 12.9. The van der Waals surface area contributed by atoms with Crippen LogP contribution in [0.25, 0.3) is 17.5 Å². The second kappa shape index (κ2) is 10.8. The molecule has 3 aromatic carbocycles. The molecule has 0 bridgehead atoms. The van der Waals surface area contributed by atoms with E-state index in [-0.39, 0.29) is 29.3 Å². The van der Waals surface area contributed by atoms with Gasteiger partial charge >= 0.3 is 0 Å². The van der Waals surface area contributed by atoms with Crippen molar-refractivity contribution in [2.24, 2.45) is 0 Å². The normalized spacial score (nSPS) is 11.1. The number of rotatable bonds is 8. The summed E-state index contributed by atoms with van der Waals surface area (Å²) in [6, 6.07) is 23.4. The zero-order valence-electron chi connectivity index (χ0n) is 18.5. The van der Waals surface area contributed by atoms with Crippen LogP contribution in [0, 0.1) is 6.92 Å². The van der Waals surface area contributed by atoms with Gasteiger partial charge in [-0.05, 0) is 70.9 Å². The van der Waals surface area contributed by atoms with E-state index in [0.717, 1.165) is 4.47 Å². The fourth-order valence-corrected chi connectivity index (χ4v) is 3.54. The summed E-state index contributed by atoms with van der Waals surface area (Å²) in [7, 11) is 0. The molecule has 8 heteroatoms. The van der Waals surface area contributed by atoms with Gasteiger partial charge in [0.1, 0.15) is 17.3 Å². The number of amides is 1. The Kier molecular flexibility index (Phi) is 7.32. The lowest BCUT2D eigenvalue weighted by atomic mass is 10.1. The van der Waals surface area contributed by atoms with Crippen molar-refractivity contribution in [3.63, 3.8) is 0 Å². The lowest BCUT2D eigenvalue weighted by molar-refractivity contribution is -0.127. The molecule has 1 heterocycles. The Hall–Kier alpha value is -4.30. The number of aryl methyl sites for hydroxylation is 1. The molecule has 0 aliphatic rings. The molecule has 7 nitrogen and oxygen atoms in total. The molecule has 0 radical (unpaired) electrons. The van der Waals surface area contributed by atoms with Crippen LogP contribution in [-0.2, 0) is 9.59 Å². The molecule has 0 spiro atoms. The number of nitrogens with zero attached hydrogens (tertiary/aromatic N) is 1.